The first kappa shape index (κ1) is 15.2. The van der Waals surface area contributed by atoms with Gasteiger partial charge in [-0.3, -0.25) is 4.85 Å². The van der Waals surface area contributed by atoms with E-state index in [2.05, 4.69) is 36.6 Å². The highest BCUT2D eigenvalue weighted by atomic mass is 28.4. The summed E-state index contributed by atoms with van der Waals surface area (Å²) in [4.78, 5) is 3.79. The maximum atomic E-state index is 7.48. The Morgan fingerprint density at radius 3 is 2.60 bits per heavy atom. The van der Waals surface area contributed by atoms with Crippen molar-refractivity contribution in [2.75, 3.05) is 0 Å². The minimum Gasteiger partial charge on any atom is -0.373 e. The summed E-state index contributed by atoms with van der Waals surface area (Å²) in [5.41, 5.74) is 0.546. The van der Waals surface area contributed by atoms with E-state index in [1.54, 1.807) is 0 Å². The molecule has 4 heteroatoms. The largest absolute Gasteiger partial charge is 0.373 e. The van der Waals surface area contributed by atoms with Gasteiger partial charge in [0.15, 0.2) is 8.32 Å². The van der Waals surface area contributed by atoms with Crippen LogP contribution in [0.5, 0.6) is 0 Å². The molecule has 0 aliphatic heterocycles. The van der Waals surface area contributed by atoms with Crippen LogP contribution in [0.3, 0.4) is 0 Å². The molecule has 1 aliphatic carbocycles. The van der Waals surface area contributed by atoms with Gasteiger partial charge < -0.3 is 9.16 Å². The standard InChI is InChI=1S/C16H23NO2Si/c1-17-16(19-20(2,3)4)11-10-15(12-16)18-13-14-8-6-5-7-9-14/h5-9,15H,10-13H2,2-4H3. The first-order valence-electron chi connectivity index (χ1n) is 7.17. The first-order chi connectivity index (χ1) is 9.42. The zero-order valence-electron chi connectivity index (χ0n) is 12.6. The van der Waals surface area contributed by atoms with Crippen LogP contribution in [0.25, 0.3) is 4.85 Å². The van der Waals surface area contributed by atoms with Gasteiger partial charge in [-0.1, -0.05) is 30.3 Å². The summed E-state index contributed by atoms with van der Waals surface area (Å²) < 4.78 is 12.1. The minimum atomic E-state index is -1.70. The van der Waals surface area contributed by atoms with Crippen molar-refractivity contribution in [1.82, 2.24) is 0 Å². The molecule has 0 radical (unpaired) electrons. The molecule has 1 aromatic carbocycles. The normalized spacial score (nSPS) is 26.4. The number of ether oxygens (including phenoxy) is 1. The van der Waals surface area contributed by atoms with Crippen LogP contribution in [0.4, 0.5) is 0 Å². The maximum Gasteiger partial charge on any atom is 0.330 e. The molecule has 2 rings (SSSR count). The molecule has 1 aliphatic rings. The van der Waals surface area contributed by atoms with Crippen molar-refractivity contribution in [2.24, 2.45) is 0 Å². The third-order valence-corrected chi connectivity index (χ3v) is 4.42. The Hall–Kier alpha value is -1.15. The summed E-state index contributed by atoms with van der Waals surface area (Å²) in [6.07, 6.45) is 2.55. The minimum absolute atomic E-state index is 0.139. The van der Waals surface area contributed by atoms with Gasteiger partial charge >= 0.3 is 5.72 Å². The Balaban J connectivity index is 1.90. The van der Waals surface area contributed by atoms with E-state index in [4.69, 9.17) is 15.7 Å². The van der Waals surface area contributed by atoms with Crippen molar-refractivity contribution in [3.05, 3.63) is 47.3 Å². The molecule has 108 valence electrons. The molecule has 20 heavy (non-hydrogen) atoms. The van der Waals surface area contributed by atoms with E-state index in [0.29, 0.717) is 13.0 Å². The average Bonchev–Trinajstić information content (AvgIpc) is 2.79. The maximum absolute atomic E-state index is 7.48. The monoisotopic (exact) mass is 289 g/mol. The second-order valence-corrected chi connectivity index (χ2v) is 10.9. The van der Waals surface area contributed by atoms with Crippen LogP contribution >= 0.6 is 0 Å². The molecule has 0 spiro atoms. The molecule has 0 saturated heterocycles. The highest BCUT2D eigenvalue weighted by Gasteiger charge is 2.49. The molecule has 1 aromatic rings. The van der Waals surface area contributed by atoms with Gasteiger partial charge in [-0.05, 0) is 31.6 Å². The number of benzene rings is 1. The van der Waals surface area contributed by atoms with Gasteiger partial charge in [-0.25, -0.2) is 6.57 Å². The van der Waals surface area contributed by atoms with Gasteiger partial charge in [0.2, 0.25) is 0 Å². The number of hydrogen-bond acceptors (Lipinski definition) is 2. The van der Waals surface area contributed by atoms with Crippen molar-refractivity contribution in [2.45, 2.75) is 57.3 Å². The average molecular weight is 289 g/mol. The van der Waals surface area contributed by atoms with E-state index in [1.165, 1.54) is 5.56 Å². The predicted molar refractivity (Wildman–Crippen MR) is 82.6 cm³/mol. The molecular formula is C16H23NO2Si. The van der Waals surface area contributed by atoms with Gasteiger partial charge in [-0.15, -0.1) is 0 Å². The fourth-order valence-corrected chi connectivity index (χ4v) is 4.03. The molecule has 3 nitrogen and oxygen atoms in total. The van der Waals surface area contributed by atoms with E-state index < -0.39 is 14.0 Å². The van der Waals surface area contributed by atoms with Gasteiger partial charge in [0.25, 0.3) is 0 Å². The van der Waals surface area contributed by atoms with Crippen molar-refractivity contribution in [1.29, 1.82) is 0 Å². The lowest BCUT2D eigenvalue weighted by molar-refractivity contribution is 0.0254. The van der Waals surface area contributed by atoms with E-state index in [1.807, 2.05) is 18.2 Å². The van der Waals surface area contributed by atoms with E-state index in [0.717, 1.165) is 12.8 Å². The predicted octanol–water partition coefficient (Wildman–Crippen LogP) is 4.22. The smallest absolute Gasteiger partial charge is 0.330 e. The molecule has 1 saturated carbocycles. The molecule has 0 N–H and O–H groups in total. The molecule has 2 unspecified atom stereocenters. The Kier molecular flexibility index (Phi) is 4.64. The Labute approximate surface area is 122 Å². The summed E-state index contributed by atoms with van der Waals surface area (Å²) >= 11 is 0. The third kappa shape index (κ3) is 4.17. The summed E-state index contributed by atoms with van der Waals surface area (Å²) in [6, 6.07) is 10.2. The van der Waals surface area contributed by atoms with Crippen molar-refractivity contribution < 1.29 is 9.16 Å². The van der Waals surface area contributed by atoms with Gasteiger partial charge in [0.1, 0.15) is 0 Å². The number of nitrogens with zero attached hydrogens (tertiary/aromatic N) is 1. The van der Waals surface area contributed by atoms with Gasteiger partial charge in [0, 0.05) is 0 Å². The van der Waals surface area contributed by atoms with Crippen molar-refractivity contribution >= 4 is 8.32 Å². The van der Waals surface area contributed by atoms with E-state index in [9.17, 15) is 0 Å². The van der Waals surface area contributed by atoms with Crippen molar-refractivity contribution in [3.63, 3.8) is 0 Å². The first-order valence-corrected chi connectivity index (χ1v) is 10.6. The molecule has 0 heterocycles. The lowest BCUT2D eigenvalue weighted by Crippen LogP contribution is -2.39. The van der Waals surface area contributed by atoms with Crippen LogP contribution in [-0.4, -0.2) is 20.1 Å². The zero-order chi connectivity index (χ0) is 14.6. The highest BCUT2D eigenvalue weighted by molar-refractivity contribution is 6.69. The number of rotatable bonds is 5. The van der Waals surface area contributed by atoms with Gasteiger partial charge in [0.05, 0.1) is 25.6 Å². The van der Waals surface area contributed by atoms with Crippen LogP contribution in [0.2, 0.25) is 19.6 Å². The second-order valence-electron chi connectivity index (χ2n) is 6.43. The zero-order valence-corrected chi connectivity index (χ0v) is 13.6. The van der Waals surface area contributed by atoms with E-state index >= 15 is 0 Å². The lowest BCUT2D eigenvalue weighted by Gasteiger charge is -2.26. The van der Waals surface area contributed by atoms with E-state index in [-0.39, 0.29) is 6.10 Å². The van der Waals surface area contributed by atoms with Crippen LogP contribution in [0.15, 0.2) is 30.3 Å². The van der Waals surface area contributed by atoms with Crippen molar-refractivity contribution in [3.8, 4) is 0 Å². The second kappa shape index (κ2) is 6.09. The summed E-state index contributed by atoms with van der Waals surface area (Å²) in [5, 5.41) is 0. The molecule has 2 atom stereocenters. The molecule has 0 bridgehead atoms. The van der Waals surface area contributed by atoms with Gasteiger partial charge in [-0.2, -0.15) is 0 Å². The Bertz CT molecular complexity index is 477. The summed E-state index contributed by atoms with van der Waals surface area (Å²) in [5.74, 6) is 0. The lowest BCUT2D eigenvalue weighted by atomic mass is 10.2. The molecule has 1 fully saturated rings. The van der Waals surface area contributed by atoms with Crippen LogP contribution in [-0.2, 0) is 15.8 Å². The highest BCUT2D eigenvalue weighted by Crippen LogP contribution is 2.38. The third-order valence-electron chi connectivity index (χ3n) is 3.43. The van der Waals surface area contributed by atoms with Crippen LogP contribution in [0, 0.1) is 6.57 Å². The summed E-state index contributed by atoms with van der Waals surface area (Å²) in [7, 11) is -1.70. The topological polar surface area (TPSA) is 22.8 Å². The fourth-order valence-electron chi connectivity index (χ4n) is 2.66. The number of hydrogen-bond donors (Lipinski definition) is 0. The fraction of sp³-hybridized carbons (Fsp3) is 0.562. The Morgan fingerprint density at radius 1 is 1.30 bits per heavy atom. The molecule has 0 aromatic heterocycles. The molecular weight excluding hydrogens is 266 g/mol. The van der Waals surface area contributed by atoms with Crippen LogP contribution < -0.4 is 0 Å². The quantitative estimate of drug-likeness (QED) is 0.598. The van der Waals surface area contributed by atoms with Crippen LogP contribution in [0.1, 0.15) is 24.8 Å². The SMILES string of the molecule is [C-]#[N+]C1(O[Si](C)(C)C)CCC(OCc2ccccc2)C1. The molecule has 0 amide bonds. The Morgan fingerprint density at radius 2 is 2.00 bits per heavy atom. The summed E-state index contributed by atoms with van der Waals surface area (Å²) in [6.45, 7) is 14.5.